The van der Waals surface area contributed by atoms with Crippen LogP contribution >= 0.6 is 0 Å². The minimum Gasteiger partial charge on any atom is -0.395 e. The van der Waals surface area contributed by atoms with Crippen molar-refractivity contribution in [3.05, 3.63) is 0 Å². The zero-order chi connectivity index (χ0) is 9.42. The first kappa shape index (κ1) is 9.40. The second-order valence-corrected chi connectivity index (χ2v) is 4.03. The van der Waals surface area contributed by atoms with E-state index in [1.807, 2.05) is 0 Å². The molecule has 0 bridgehead atoms. The molecule has 0 aromatic heterocycles. The highest BCUT2D eigenvalue weighted by molar-refractivity contribution is 5.01. The number of aliphatic hydroxyl groups excluding tert-OH is 3. The van der Waals surface area contributed by atoms with Crippen molar-refractivity contribution < 1.29 is 15.3 Å². The van der Waals surface area contributed by atoms with Gasteiger partial charge in [0, 0.05) is 6.04 Å². The van der Waals surface area contributed by atoms with Gasteiger partial charge in [-0.15, -0.1) is 0 Å². The molecule has 76 valence electrons. The molecular weight excluding hydrogens is 170 g/mol. The smallest absolute Gasteiger partial charge is 0.0991 e. The van der Waals surface area contributed by atoms with Crippen molar-refractivity contribution in [1.82, 2.24) is 4.90 Å². The molecule has 4 atom stereocenters. The summed E-state index contributed by atoms with van der Waals surface area (Å²) in [6, 6.07) is -0.179. The molecule has 3 N–H and O–H groups in total. The van der Waals surface area contributed by atoms with Gasteiger partial charge in [0.15, 0.2) is 0 Å². The van der Waals surface area contributed by atoms with Crippen molar-refractivity contribution in [2.45, 2.75) is 43.6 Å². The maximum absolute atomic E-state index is 9.69. The van der Waals surface area contributed by atoms with Crippen LogP contribution in [0.1, 0.15) is 19.3 Å². The van der Waals surface area contributed by atoms with Crippen LogP contribution in [0.4, 0.5) is 0 Å². The summed E-state index contributed by atoms with van der Waals surface area (Å²) in [6.45, 7) is 0.832. The standard InChI is InChI=1S/C9H17NO3/c11-5-7-9(13)8(12)6-3-1-2-4-10(6)7/h6-9,11-13H,1-5H2/t6-,7+,8+,9+/m1/s1. The molecule has 4 heteroatoms. The average Bonchev–Trinajstić information content (AvgIpc) is 2.41. The number of aliphatic hydroxyl groups is 3. The molecule has 0 aliphatic carbocycles. The zero-order valence-corrected chi connectivity index (χ0v) is 7.63. The summed E-state index contributed by atoms with van der Waals surface area (Å²) in [5.74, 6) is 0. The van der Waals surface area contributed by atoms with Crippen molar-refractivity contribution in [3.8, 4) is 0 Å². The van der Waals surface area contributed by atoms with E-state index in [1.54, 1.807) is 0 Å². The van der Waals surface area contributed by atoms with Crippen LogP contribution in [-0.4, -0.2) is 57.7 Å². The molecule has 4 nitrogen and oxygen atoms in total. The van der Waals surface area contributed by atoms with Crippen molar-refractivity contribution in [2.24, 2.45) is 0 Å². The minimum absolute atomic E-state index is 0.0608. The number of piperidine rings is 1. The molecule has 0 radical (unpaired) electrons. The summed E-state index contributed by atoms with van der Waals surface area (Å²) < 4.78 is 0. The average molecular weight is 187 g/mol. The van der Waals surface area contributed by atoms with E-state index in [1.165, 1.54) is 0 Å². The number of nitrogens with zero attached hydrogens (tertiary/aromatic N) is 1. The maximum Gasteiger partial charge on any atom is 0.0991 e. The molecule has 0 spiro atoms. The third kappa shape index (κ3) is 1.38. The molecule has 2 fully saturated rings. The first-order valence-electron chi connectivity index (χ1n) is 4.98. The van der Waals surface area contributed by atoms with E-state index >= 15 is 0 Å². The van der Waals surface area contributed by atoms with E-state index in [2.05, 4.69) is 4.90 Å². The Kier molecular flexibility index (Phi) is 2.55. The highest BCUT2D eigenvalue weighted by Gasteiger charge is 2.47. The van der Waals surface area contributed by atoms with Crippen molar-refractivity contribution in [2.75, 3.05) is 13.2 Å². The Morgan fingerprint density at radius 1 is 1.15 bits per heavy atom. The Bertz CT molecular complexity index is 178. The molecule has 2 heterocycles. The zero-order valence-electron chi connectivity index (χ0n) is 7.63. The molecule has 0 saturated carbocycles. The molecule has 0 aromatic rings. The molecule has 0 amide bonds. The Hall–Kier alpha value is -0.160. The second kappa shape index (κ2) is 3.53. The summed E-state index contributed by atoms with van der Waals surface area (Å²) >= 11 is 0. The van der Waals surface area contributed by atoms with Crippen LogP contribution in [0.25, 0.3) is 0 Å². The van der Waals surface area contributed by atoms with Crippen LogP contribution in [0.15, 0.2) is 0 Å². The summed E-state index contributed by atoms with van der Waals surface area (Å²) in [4.78, 5) is 2.05. The van der Waals surface area contributed by atoms with E-state index in [0.29, 0.717) is 0 Å². The number of hydrogen-bond acceptors (Lipinski definition) is 4. The van der Waals surface area contributed by atoms with Gasteiger partial charge in [0.25, 0.3) is 0 Å². The monoisotopic (exact) mass is 187 g/mol. The van der Waals surface area contributed by atoms with Gasteiger partial charge in [-0.2, -0.15) is 0 Å². The van der Waals surface area contributed by atoms with Gasteiger partial charge < -0.3 is 15.3 Å². The molecule has 2 saturated heterocycles. The molecule has 2 rings (SSSR count). The first-order valence-corrected chi connectivity index (χ1v) is 4.98. The van der Waals surface area contributed by atoms with Crippen LogP contribution in [0, 0.1) is 0 Å². The number of rotatable bonds is 1. The Morgan fingerprint density at radius 3 is 2.62 bits per heavy atom. The van der Waals surface area contributed by atoms with Gasteiger partial charge in [0.2, 0.25) is 0 Å². The fourth-order valence-electron chi connectivity index (χ4n) is 2.62. The number of fused-ring (bicyclic) bond motifs is 1. The van der Waals surface area contributed by atoms with E-state index in [9.17, 15) is 10.2 Å². The van der Waals surface area contributed by atoms with Crippen LogP contribution in [-0.2, 0) is 0 Å². The molecule has 13 heavy (non-hydrogen) atoms. The topological polar surface area (TPSA) is 63.9 Å². The molecule has 0 aromatic carbocycles. The fraction of sp³-hybridized carbons (Fsp3) is 1.00. The van der Waals surface area contributed by atoms with E-state index in [4.69, 9.17) is 5.11 Å². The Labute approximate surface area is 77.8 Å². The van der Waals surface area contributed by atoms with E-state index in [0.717, 1.165) is 25.8 Å². The highest BCUT2D eigenvalue weighted by Crippen LogP contribution is 2.31. The Balaban J connectivity index is 2.14. The molecule has 2 aliphatic rings. The van der Waals surface area contributed by atoms with Gasteiger partial charge in [-0.1, -0.05) is 6.42 Å². The van der Waals surface area contributed by atoms with E-state index < -0.39 is 12.2 Å². The van der Waals surface area contributed by atoms with Gasteiger partial charge in [-0.05, 0) is 19.4 Å². The third-order valence-corrected chi connectivity index (χ3v) is 3.34. The largest absolute Gasteiger partial charge is 0.395 e. The van der Waals surface area contributed by atoms with Gasteiger partial charge in [-0.25, -0.2) is 0 Å². The van der Waals surface area contributed by atoms with Gasteiger partial charge in [0.1, 0.15) is 0 Å². The van der Waals surface area contributed by atoms with Gasteiger partial charge in [-0.3, -0.25) is 4.90 Å². The fourth-order valence-corrected chi connectivity index (χ4v) is 2.62. The van der Waals surface area contributed by atoms with Crippen LogP contribution in [0.3, 0.4) is 0 Å². The van der Waals surface area contributed by atoms with Crippen LogP contribution < -0.4 is 0 Å². The lowest BCUT2D eigenvalue weighted by Crippen LogP contribution is -2.44. The third-order valence-electron chi connectivity index (χ3n) is 3.34. The highest BCUT2D eigenvalue weighted by atomic mass is 16.3. The minimum atomic E-state index is -0.770. The predicted molar refractivity (Wildman–Crippen MR) is 47.2 cm³/mol. The second-order valence-electron chi connectivity index (χ2n) is 4.03. The van der Waals surface area contributed by atoms with Gasteiger partial charge in [0.05, 0.1) is 24.9 Å². The lowest BCUT2D eigenvalue weighted by Gasteiger charge is -2.33. The predicted octanol–water partition coefficient (Wildman–Crippen LogP) is -1.06. The molecule has 0 unspecified atom stereocenters. The maximum atomic E-state index is 9.69. The van der Waals surface area contributed by atoms with Crippen LogP contribution in [0.5, 0.6) is 0 Å². The van der Waals surface area contributed by atoms with Crippen molar-refractivity contribution in [3.63, 3.8) is 0 Å². The summed E-state index contributed by atoms with van der Waals surface area (Å²) in [5, 5.41) is 28.4. The van der Waals surface area contributed by atoms with E-state index in [-0.39, 0.29) is 18.7 Å². The van der Waals surface area contributed by atoms with Gasteiger partial charge >= 0.3 is 0 Å². The van der Waals surface area contributed by atoms with Crippen molar-refractivity contribution in [1.29, 1.82) is 0 Å². The van der Waals surface area contributed by atoms with Crippen LogP contribution in [0.2, 0.25) is 0 Å². The first-order chi connectivity index (χ1) is 6.25. The lowest BCUT2D eigenvalue weighted by atomic mass is 10.0. The molecular formula is C9H17NO3. The normalized spacial score (nSPS) is 46.4. The number of hydrogen-bond donors (Lipinski definition) is 3. The SMILES string of the molecule is OC[C@H]1[C@H](O)[C@@H](O)[C@H]2CCCCN21. The summed E-state index contributed by atoms with van der Waals surface area (Å²) in [7, 11) is 0. The summed E-state index contributed by atoms with van der Waals surface area (Å²) in [6.07, 6.45) is 1.72. The lowest BCUT2D eigenvalue weighted by molar-refractivity contribution is 0.0183. The Morgan fingerprint density at radius 2 is 1.92 bits per heavy atom. The summed E-state index contributed by atoms with van der Waals surface area (Å²) in [5.41, 5.74) is 0. The quantitative estimate of drug-likeness (QED) is 0.489. The molecule has 2 aliphatic heterocycles. The van der Waals surface area contributed by atoms with Crippen molar-refractivity contribution >= 4 is 0 Å².